The highest BCUT2D eigenvalue weighted by Crippen LogP contribution is 2.28. The molecule has 1 saturated carbocycles. The van der Waals surface area contributed by atoms with E-state index in [1.54, 1.807) is 11.3 Å². The molecule has 1 fully saturated rings. The Morgan fingerprint density at radius 3 is 2.89 bits per heavy atom. The summed E-state index contributed by atoms with van der Waals surface area (Å²) in [6.45, 7) is 0. The van der Waals surface area contributed by atoms with Crippen LogP contribution in [0.25, 0.3) is 0 Å². The van der Waals surface area contributed by atoms with Gasteiger partial charge >= 0.3 is 0 Å². The minimum Gasteiger partial charge on any atom is -0.336 e. The zero-order valence-corrected chi connectivity index (χ0v) is 11.5. The molecule has 96 valence electrons. The van der Waals surface area contributed by atoms with E-state index in [0.717, 1.165) is 5.82 Å². The second-order valence-corrected chi connectivity index (χ2v) is 5.97. The van der Waals surface area contributed by atoms with Gasteiger partial charge in [0.1, 0.15) is 11.9 Å². The van der Waals surface area contributed by atoms with Gasteiger partial charge in [-0.2, -0.15) is 0 Å². The molecule has 1 N–H and O–H groups in total. The van der Waals surface area contributed by atoms with Crippen LogP contribution in [0.3, 0.4) is 0 Å². The van der Waals surface area contributed by atoms with E-state index in [2.05, 4.69) is 39.4 Å². The second kappa shape index (κ2) is 5.24. The van der Waals surface area contributed by atoms with Gasteiger partial charge in [0, 0.05) is 30.4 Å². The lowest BCUT2D eigenvalue weighted by Crippen LogP contribution is -2.32. The molecule has 1 aliphatic rings. The molecule has 0 saturated heterocycles. The molecule has 1 aliphatic carbocycles. The molecular formula is C14H19N3S. The Bertz CT molecular complexity index is 483. The van der Waals surface area contributed by atoms with Gasteiger partial charge in [-0.15, -0.1) is 11.3 Å². The number of hydrogen-bond donors (Lipinski definition) is 1. The Kier molecular flexibility index (Phi) is 3.48. The maximum Gasteiger partial charge on any atom is 0.131 e. The van der Waals surface area contributed by atoms with Crippen molar-refractivity contribution in [3.8, 4) is 0 Å². The van der Waals surface area contributed by atoms with Gasteiger partial charge in [0.15, 0.2) is 0 Å². The molecule has 0 spiro atoms. The SMILES string of the molecule is Cn1ccnc1C(NC1CCCC1)c1cccs1. The Morgan fingerprint density at radius 1 is 1.44 bits per heavy atom. The highest BCUT2D eigenvalue weighted by atomic mass is 32.1. The van der Waals surface area contributed by atoms with E-state index < -0.39 is 0 Å². The number of rotatable bonds is 4. The van der Waals surface area contributed by atoms with Crippen molar-refractivity contribution >= 4 is 11.3 Å². The fraction of sp³-hybridized carbons (Fsp3) is 0.500. The van der Waals surface area contributed by atoms with Crippen LogP contribution >= 0.6 is 11.3 Å². The van der Waals surface area contributed by atoms with Gasteiger partial charge in [-0.25, -0.2) is 4.98 Å². The molecule has 2 heterocycles. The lowest BCUT2D eigenvalue weighted by atomic mass is 10.1. The minimum absolute atomic E-state index is 0.244. The molecule has 4 heteroatoms. The summed E-state index contributed by atoms with van der Waals surface area (Å²) in [6.07, 6.45) is 9.21. The maximum atomic E-state index is 4.52. The fourth-order valence-corrected chi connectivity index (χ4v) is 3.50. The van der Waals surface area contributed by atoms with Crippen molar-refractivity contribution < 1.29 is 0 Å². The molecular weight excluding hydrogens is 242 g/mol. The summed E-state index contributed by atoms with van der Waals surface area (Å²) in [6, 6.07) is 5.21. The van der Waals surface area contributed by atoms with Crippen LogP contribution in [0.1, 0.15) is 42.4 Å². The summed E-state index contributed by atoms with van der Waals surface area (Å²) in [5.41, 5.74) is 0. The van der Waals surface area contributed by atoms with Gasteiger partial charge in [0.05, 0.1) is 0 Å². The molecule has 1 unspecified atom stereocenters. The third kappa shape index (κ3) is 2.35. The van der Waals surface area contributed by atoms with Gasteiger partial charge in [0.2, 0.25) is 0 Å². The largest absolute Gasteiger partial charge is 0.336 e. The van der Waals surface area contributed by atoms with Crippen molar-refractivity contribution in [3.05, 3.63) is 40.6 Å². The van der Waals surface area contributed by atoms with Crippen LogP contribution in [0.15, 0.2) is 29.9 Å². The number of nitrogens with one attached hydrogen (secondary N) is 1. The first-order valence-corrected chi connectivity index (χ1v) is 7.49. The molecule has 0 aliphatic heterocycles. The molecule has 0 radical (unpaired) electrons. The molecule has 0 bridgehead atoms. The molecule has 3 rings (SSSR count). The number of aryl methyl sites for hydroxylation is 1. The zero-order chi connectivity index (χ0) is 12.4. The van der Waals surface area contributed by atoms with E-state index in [4.69, 9.17) is 0 Å². The third-order valence-corrected chi connectivity index (χ3v) is 4.64. The lowest BCUT2D eigenvalue weighted by molar-refractivity contribution is 0.463. The summed E-state index contributed by atoms with van der Waals surface area (Å²) >= 11 is 1.81. The smallest absolute Gasteiger partial charge is 0.131 e. The average molecular weight is 261 g/mol. The topological polar surface area (TPSA) is 29.9 Å². The molecule has 2 aromatic rings. The Labute approximate surface area is 112 Å². The summed E-state index contributed by atoms with van der Waals surface area (Å²) < 4.78 is 2.12. The molecule has 0 amide bonds. The van der Waals surface area contributed by atoms with Gasteiger partial charge < -0.3 is 9.88 Å². The van der Waals surface area contributed by atoms with Gasteiger partial charge in [-0.3, -0.25) is 0 Å². The monoisotopic (exact) mass is 261 g/mol. The first kappa shape index (κ1) is 11.9. The minimum atomic E-state index is 0.244. The van der Waals surface area contributed by atoms with E-state index in [1.165, 1.54) is 30.6 Å². The van der Waals surface area contributed by atoms with Crippen molar-refractivity contribution in [3.63, 3.8) is 0 Å². The van der Waals surface area contributed by atoms with Crippen LogP contribution in [-0.2, 0) is 7.05 Å². The number of aromatic nitrogens is 2. The van der Waals surface area contributed by atoms with Gasteiger partial charge in [-0.1, -0.05) is 18.9 Å². The van der Waals surface area contributed by atoms with Crippen LogP contribution in [-0.4, -0.2) is 15.6 Å². The zero-order valence-electron chi connectivity index (χ0n) is 10.7. The van der Waals surface area contributed by atoms with Crippen molar-refractivity contribution in [2.24, 2.45) is 7.05 Å². The maximum absolute atomic E-state index is 4.52. The molecule has 2 aromatic heterocycles. The van der Waals surface area contributed by atoms with Crippen LogP contribution in [0.2, 0.25) is 0 Å². The summed E-state index contributed by atoms with van der Waals surface area (Å²) in [4.78, 5) is 5.88. The number of hydrogen-bond acceptors (Lipinski definition) is 3. The van der Waals surface area contributed by atoms with E-state index in [1.807, 2.05) is 12.4 Å². The summed E-state index contributed by atoms with van der Waals surface area (Å²) in [5, 5.41) is 5.93. The molecule has 0 aromatic carbocycles. The lowest BCUT2D eigenvalue weighted by Gasteiger charge is -2.21. The Hall–Kier alpha value is -1.13. The van der Waals surface area contributed by atoms with Crippen molar-refractivity contribution in [1.29, 1.82) is 0 Å². The summed E-state index contributed by atoms with van der Waals surface area (Å²) in [7, 11) is 2.07. The van der Waals surface area contributed by atoms with Crippen molar-refractivity contribution in [2.75, 3.05) is 0 Å². The van der Waals surface area contributed by atoms with Crippen LogP contribution in [0.4, 0.5) is 0 Å². The molecule has 18 heavy (non-hydrogen) atoms. The molecule has 3 nitrogen and oxygen atoms in total. The standard InChI is InChI=1S/C14H19N3S/c1-17-9-8-15-14(17)13(12-7-4-10-18-12)16-11-5-2-3-6-11/h4,7-11,13,16H,2-3,5-6H2,1H3. The Morgan fingerprint density at radius 2 is 2.28 bits per heavy atom. The predicted octanol–water partition coefficient (Wildman–Crippen LogP) is 3.10. The second-order valence-electron chi connectivity index (χ2n) is 4.99. The Balaban J connectivity index is 1.86. The van der Waals surface area contributed by atoms with Gasteiger partial charge in [-0.05, 0) is 24.3 Å². The summed E-state index contributed by atoms with van der Waals surface area (Å²) in [5.74, 6) is 1.12. The number of imidazole rings is 1. The fourth-order valence-electron chi connectivity index (χ4n) is 2.72. The number of nitrogens with zero attached hydrogens (tertiary/aromatic N) is 2. The van der Waals surface area contributed by atoms with Crippen LogP contribution in [0, 0.1) is 0 Å². The first-order valence-electron chi connectivity index (χ1n) is 6.61. The predicted molar refractivity (Wildman–Crippen MR) is 74.8 cm³/mol. The number of thiophene rings is 1. The highest BCUT2D eigenvalue weighted by Gasteiger charge is 2.24. The third-order valence-electron chi connectivity index (χ3n) is 3.70. The normalized spacial score (nSPS) is 18.3. The molecule has 1 atom stereocenters. The average Bonchev–Trinajstić information content (AvgIpc) is 3.09. The van der Waals surface area contributed by atoms with Crippen molar-refractivity contribution in [1.82, 2.24) is 14.9 Å². The van der Waals surface area contributed by atoms with E-state index in [-0.39, 0.29) is 6.04 Å². The quantitative estimate of drug-likeness (QED) is 0.916. The van der Waals surface area contributed by atoms with E-state index >= 15 is 0 Å². The van der Waals surface area contributed by atoms with Crippen LogP contribution < -0.4 is 5.32 Å². The van der Waals surface area contributed by atoms with Crippen molar-refractivity contribution in [2.45, 2.75) is 37.8 Å². The van der Waals surface area contributed by atoms with Gasteiger partial charge in [0.25, 0.3) is 0 Å². The first-order chi connectivity index (χ1) is 8.84. The van der Waals surface area contributed by atoms with E-state index in [0.29, 0.717) is 6.04 Å². The van der Waals surface area contributed by atoms with Crippen LogP contribution in [0.5, 0.6) is 0 Å². The van der Waals surface area contributed by atoms with E-state index in [9.17, 15) is 0 Å². The highest BCUT2D eigenvalue weighted by molar-refractivity contribution is 7.10.